The first kappa shape index (κ1) is 22.7. The topological polar surface area (TPSA) is 54.9 Å². The number of ether oxygens (including phenoxy) is 2. The van der Waals surface area contributed by atoms with Crippen molar-refractivity contribution in [3.05, 3.63) is 65.9 Å². The minimum atomic E-state index is 0.0193. The second-order valence-corrected chi connectivity index (χ2v) is 9.32. The van der Waals surface area contributed by atoms with E-state index >= 15 is 0 Å². The number of hydrogen-bond donors (Lipinski definition) is 0. The van der Waals surface area contributed by atoms with Gasteiger partial charge < -0.3 is 19.3 Å². The molecule has 3 heterocycles. The number of fused-ring (bicyclic) bond motifs is 1. The lowest BCUT2D eigenvalue weighted by molar-refractivity contribution is 0.0734. The minimum absolute atomic E-state index is 0.0193. The summed E-state index contributed by atoms with van der Waals surface area (Å²) in [5.41, 5.74) is 4.00. The summed E-state index contributed by atoms with van der Waals surface area (Å²) < 4.78 is 11.5. The van der Waals surface area contributed by atoms with E-state index in [2.05, 4.69) is 34.1 Å². The van der Waals surface area contributed by atoms with Crippen LogP contribution >= 0.6 is 0 Å². The van der Waals surface area contributed by atoms with E-state index in [0.717, 1.165) is 30.7 Å². The van der Waals surface area contributed by atoms with Crippen molar-refractivity contribution >= 4 is 22.5 Å². The third-order valence-electron chi connectivity index (χ3n) is 7.00. The minimum Gasteiger partial charge on any atom is -0.496 e. The van der Waals surface area contributed by atoms with E-state index in [4.69, 9.17) is 9.47 Å². The summed E-state index contributed by atoms with van der Waals surface area (Å²) in [6.07, 6.45) is 6.35. The van der Waals surface area contributed by atoms with Crippen LogP contribution in [0.4, 0.5) is 5.69 Å². The fraction of sp³-hybridized carbons (Fsp3) is 0.429. The van der Waals surface area contributed by atoms with Crippen molar-refractivity contribution in [3.63, 3.8) is 0 Å². The van der Waals surface area contributed by atoms with Gasteiger partial charge in [0, 0.05) is 49.4 Å². The van der Waals surface area contributed by atoms with E-state index in [1.54, 1.807) is 7.11 Å². The number of anilines is 1. The number of piperidine rings is 1. The molecule has 178 valence electrons. The summed E-state index contributed by atoms with van der Waals surface area (Å²) in [6, 6.07) is 16.4. The van der Waals surface area contributed by atoms with E-state index < -0.39 is 0 Å². The lowest BCUT2D eigenvalue weighted by atomic mass is 9.96. The van der Waals surface area contributed by atoms with Gasteiger partial charge in [-0.2, -0.15) is 0 Å². The van der Waals surface area contributed by atoms with Gasteiger partial charge in [0.05, 0.1) is 31.4 Å². The largest absolute Gasteiger partial charge is 0.496 e. The molecule has 5 rings (SSSR count). The average molecular weight is 460 g/mol. The van der Waals surface area contributed by atoms with Crippen LogP contribution in [0.3, 0.4) is 0 Å². The third-order valence-corrected chi connectivity index (χ3v) is 7.00. The van der Waals surface area contributed by atoms with Gasteiger partial charge >= 0.3 is 0 Å². The van der Waals surface area contributed by atoms with Crippen LogP contribution in [0, 0.1) is 5.92 Å². The summed E-state index contributed by atoms with van der Waals surface area (Å²) in [7, 11) is 1.63. The fourth-order valence-electron chi connectivity index (χ4n) is 5.23. The Kier molecular flexibility index (Phi) is 6.95. The standard InChI is InChI=1S/C28H33N3O3/c1-33-27-11-10-23(30-13-3-2-4-14-30)18-25(27)28(32)31-15-16-34-20-21(19-31)17-22-7-5-9-26-24(22)8-6-12-29-26/h5-12,18,21H,2-4,13-17,19-20H2,1H3/t21-/m1/s1. The van der Waals surface area contributed by atoms with Gasteiger partial charge in [0.1, 0.15) is 5.75 Å². The first-order chi connectivity index (χ1) is 16.7. The molecule has 1 amide bonds. The molecule has 3 aromatic rings. The molecule has 2 aromatic carbocycles. The molecule has 0 bridgehead atoms. The van der Waals surface area contributed by atoms with Crippen LogP contribution in [0.15, 0.2) is 54.7 Å². The number of methoxy groups -OCH3 is 1. The Balaban J connectivity index is 1.37. The molecule has 2 saturated heterocycles. The number of nitrogens with zero attached hydrogens (tertiary/aromatic N) is 3. The molecule has 0 radical (unpaired) electrons. The number of rotatable bonds is 5. The molecule has 0 N–H and O–H groups in total. The summed E-state index contributed by atoms with van der Waals surface area (Å²) in [6.45, 7) is 4.52. The van der Waals surface area contributed by atoms with Crippen LogP contribution in [0.1, 0.15) is 35.2 Å². The molecule has 0 aliphatic carbocycles. The zero-order valence-corrected chi connectivity index (χ0v) is 19.9. The van der Waals surface area contributed by atoms with E-state index in [9.17, 15) is 4.79 Å². The number of hydrogen-bond acceptors (Lipinski definition) is 5. The quantitative estimate of drug-likeness (QED) is 0.560. The van der Waals surface area contributed by atoms with Gasteiger partial charge in [-0.1, -0.05) is 18.2 Å². The Bertz CT molecular complexity index is 1140. The monoisotopic (exact) mass is 459 g/mol. The summed E-state index contributed by atoms with van der Waals surface area (Å²) >= 11 is 0. The predicted octanol–water partition coefficient (Wildman–Crippen LogP) is 4.57. The van der Waals surface area contributed by atoms with Crippen molar-refractivity contribution in [2.24, 2.45) is 5.92 Å². The molecule has 2 aliphatic rings. The molecular weight excluding hydrogens is 426 g/mol. The zero-order valence-electron chi connectivity index (χ0n) is 19.9. The van der Waals surface area contributed by atoms with Crippen molar-refractivity contribution < 1.29 is 14.3 Å². The third kappa shape index (κ3) is 4.87. The summed E-state index contributed by atoms with van der Waals surface area (Å²) in [5, 5.41) is 1.17. The van der Waals surface area contributed by atoms with Crippen LogP contribution in [0.25, 0.3) is 10.9 Å². The average Bonchev–Trinajstić information content (AvgIpc) is 3.14. The molecule has 2 fully saturated rings. The van der Waals surface area contributed by atoms with Crippen molar-refractivity contribution in [1.82, 2.24) is 9.88 Å². The Morgan fingerprint density at radius 1 is 1.09 bits per heavy atom. The number of benzene rings is 2. The first-order valence-corrected chi connectivity index (χ1v) is 12.4. The lowest BCUT2D eigenvalue weighted by Gasteiger charge is -2.30. The van der Waals surface area contributed by atoms with Gasteiger partial charge in [-0.3, -0.25) is 9.78 Å². The van der Waals surface area contributed by atoms with Crippen LogP contribution in [0.2, 0.25) is 0 Å². The Morgan fingerprint density at radius 3 is 2.82 bits per heavy atom. The van der Waals surface area contributed by atoms with Crippen LogP contribution < -0.4 is 9.64 Å². The molecule has 0 spiro atoms. The zero-order chi connectivity index (χ0) is 23.3. The van der Waals surface area contributed by atoms with Crippen molar-refractivity contribution in [2.75, 3.05) is 51.4 Å². The molecule has 34 heavy (non-hydrogen) atoms. The summed E-state index contributed by atoms with van der Waals surface area (Å²) in [5.74, 6) is 0.868. The highest BCUT2D eigenvalue weighted by molar-refractivity contribution is 5.98. The smallest absolute Gasteiger partial charge is 0.257 e. The maximum Gasteiger partial charge on any atom is 0.257 e. The number of carbonyl (C=O) groups is 1. The van der Waals surface area contributed by atoms with Gasteiger partial charge in [-0.25, -0.2) is 0 Å². The first-order valence-electron chi connectivity index (χ1n) is 12.4. The Hall–Kier alpha value is -3.12. The molecule has 6 heteroatoms. The fourth-order valence-corrected chi connectivity index (χ4v) is 5.23. The van der Waals surface area contributed by atoms with Crippen LogP contribution in [-0.2, 0) is 11.2 Å². The van der Waals surface area contributed by atoms with Gasteiger partial charge in [0.2, 0.25) is 0 Å². The number of amides is 1. The number of carbonyl (C=O) groups excluding carboxylic acids is 1. The second kappa shape index (κ2) is 10.4. The van der Waals surface area contributed by atoms with Gasteiger partial charge in [0.15, 0.2) is 0 Å². The second-order valence-electron chi connectivity index (χ2n) is 9.32. The van der Waals surface area contributed by atoms with Crippen molar-refractivity contribution in [1.29, 1.82) is 0 Å². The molecule has 0 unspecified atom stereocenters. The Morgan fingerprint density at radius 2 is 1.97 bits per heavy atom. The molecule has 0 saturated carbocycles. The normalized spacial score (nSPS) is 19.1. The van der Waals surface area contributed by atoms with E-state index in [1.807, 2.05) is 35.4 Å². The highest BCUT2D eigenvalue weighted by Crippen LogP contribution is 2.29. The SMILES string of the molecule is COc1ccc(N2CCCCC2)cc1C(=O)N1CCOC[C@H](Cc2cccc3ncccc23)C1. The number of aromatic nitrogens is 1. The highest BCUT2D eigenvalue weighted by atomic mass is 16.5. The molecule has 6 nitrogen and oxygen atoms in total. The van der Waals surface area contributed by atoms with E-state index in [-0.39, 0.29) is 11.8 Å². The Labute approximate surface area is 201 Å². The van der Waals surface area contributed by atoms with Crippen molar-refractivity contribution in [3.8, 4) is 5.75 Å². The molecular formula is C28H33N3O3. The van der Waals surface area contributed by atoms with Crippen LogP contribution in [-0.4, -0.2) is 62.3 Å². The predicted molar refractivity (Wildman–Crippen MR) is 135 cm³/mol. The number of pyridine rings is 1. The van der Waals surface area contributed by atoms with Crippen LogP contribution in [0.5, 0.6) is 5.75 Å². The van der Waals surface area contributed by atoms with Gasteiger partial charge in [-0.15, -0.1) is 0 Å². The van der Waals surface area contributed by atoms with E-state index in [1.165, 1.54) is 30.2 Å². The maximum atomic E-state index is 13.7. The lowest BCUT2D eigenvalue weighted by Crippen LogP contribution is -2.37. The highest BCUT2D eigenvalue weighted by Gasteiger charge is 2.27. The molecule has 1 atom stereocenters. The van der Waals surface area contributed by atoms with Gasteiger partial charge in [-0.05, 0) is 61.6 Å². The van der Waals surface area contributed by atoms with E-state index in [0.29, 0.717) is 37.6 Å². The summed E-state index contributed by atoms with van der Waals surface area (Å²) in [4.78, 5) is 22.5. The van der Waals surface area contributed by atoms with Crippen molar-refractivity contribution in [2.45, 2.75) is 25.7 Å². The maximum absolute atomic E-state index is 13.7. The molecule has 2 aliphatic heterocycles. The van der Waals surface area contributed by atoms with Gasteiger partial charge in [0.25, 0.3) is 5.91 Å². The molecule has 1 aromatic heterocycles.